The third-order valence-corrected chi connectivity index (χ3v) is 5.11. The number of nitrogens with zero attached hydrogens (tertiary/aromatic N) is 4. The van der Waals surface area contributed by atoms with Gasteiger partial charge >= 0.3 is 5.69 Å². The van der Waals surface area contributed by atoms with Crippen LogP contribution in [-0.4, -0.2) is 19.5 Å². The Morgan fingerprint density at radius 2 is 1.87 bits per heavy atom. The van der Waals surface area contributed by atoms with Gasteiger partial charge in [0.1, 0.15) is 24.0 Å². The Labute approximate surface area is 176 Å². The normalized spacial score (nSPS) is 11.5. The number of alkyl halides is 1. The van der Waals surface area contributed by atoms with E-state index in [2.05, 4.69) is 15.0 Å². The maximum Gasteiger partial charge on any atom is 0.353 e. The highest BCUT2D eigenvalue weighted by molar-refractivity contribution is 5.81. The average Bonchev–Trinajstić information content (AvgIpc) is 2.74. The summed E-state index contributed by atoms with van der Waals surface area (Å²) in [6.07, 6.45) is 2.86. The zero-order valence-corrected chi connectivity index (χ0v) is 17.2. The van der Waals surface area contributed by atoms with E-state index >= 15 is 0 Å². The van der Waals surface area contributed by atoms with Gasteiger partial charge in [0.15, 0.2) is 5.65 Å². The second kappa shape index (κ2) is 7.94. The van der Waals surface area contributed by atoms with Gasteiger partial charge in [-0.05, 0) is 42.2 Å². The van der Waals surface area contributed by atoms with E-state index in [1.165, 1.54) is 22.9 Å². The van der Waals surface area contributed by atoms with Gasteiger partial charge in [-0.15, -0.1) is 0 Å². The molecule has 0 saturated carbocycles. The minimum Gasteiger partial charge on any atom is -0.259 e. The van der Waals surface area contributed by atoms with Crippen molar-refractivity contribution in [2.24, 2.45) is 0 Å². The first-order valence-electron chi connectivity index (χ1n) is 9.71. The molecule has 0 N–H and O–H groups in total. The summed E-state index contributed by atoms with van der Waals surface area (Å²) in [5.74, 6) is -1.67. The van der Waals surface area contributed by atoms with E-state index in [-0.39, 0.29) is 33.8 Å². The number of pyridine rings is 2. The lowest BCUT2D eigenvalue weighted by molar-refractivity contribution is 0.483. The van der Waals surface area contributed by atoms with E-state index in [0.717, 1.165) is 17.7 Å². The van der Waals surface area contributed by atoms with Crippen LogP contribution in [-0.2, 0) is 6.67 Å². The van der Waals surface area contributed by atoms with Crippen LogP contribution in [0.25, 0.3) is 28.0 Å². The van der Waals surface area contributed by atoms with Crippen LogP contribution in [0.1, 0.15) is 36.6 Å². The number of hydrogen-bond acceptors (Lipinski definition) is 4. The molecule has 0 saturated heterocycles. The Bertz CT molecular complexity index is 1370. The smallest absolute Gasteiger partial charge is 0.259 e. The zero-order chi connectivity index (χ0) is 22.3. The van der Waals surface area contributed by atoms with Gasteiger partial charge < -0.3 is 0 Å². The summed E-state index contributed by atoms with van der Waals surface area (Å²) in [7, 11) is 0. The van der Waals surface area contributed by atoms with Gasteiger partial charge in [-0.25, -0.2) is 32.5 Å². The van der Waals surface area contributed by atoms with Crippen molar-refractivity contribution in [1.29, 1.82) is 0 Å². The van der Waals surface area contributed by atoms with Crippen LogP contribution in [0.4, 0.5) is 13.2 Å². The van der Waals surface area contributed by atoms with Crippen molar-refractivity contribution in [1.82, 2.24) is 19.5 Å². The van der Waals surface area contributed by atoms with E-state index in [4.69, 9.17) is 0 Å². The Hall–Kier alpha value is -3.55. The molecule has 0 amide bonds. The molecule has 0 radical (unpaired) electrons. The number of fused-ring (bicyclic) bond motifs is 1. The molecule has 0 aliphatic rings. The molecule has 0 aliphatic carbocycles. The molecule has 0 spiro atoms. The molecule has 1 aromatic carbocycles. The number of aromatic nitrogens is 4. The molecule has 4 rings (SSSR count). The monoisotopic (exact) mass is 424 g/mol. The molecule has 8 heteroatoms. The first-order chi connectivity index (χ1) is 14.8. The predicted octanol–water partition coefficient (Wildman–Crippen LogP) is 5.02. The first kappa shape index (κ1) is 20.7. The number of benzene rings is 1. The fourth-order valence-electron chi connectivity index (χ4n) is 3.65. The summed E-state index contributed by atoms with van der Waals surface area (Å²) in [6.45, 7) is 4.69. The quantitative estimate of drug-likeness (QED) is 0.461. The molecular formula is C23H19F3N4O. The Morgan fingerprint density at radius 3 is 2.58 bits per heavy atom. The van der Waals surface area contributed by atoms with Crippen LogP contribution < -0.4 is 5.69 Å². The molecule has 4 aromatic rings. The van der Waals surface area contributed by atoms with Crippen LogP contribution in [0.15, 0.2) is 47.5 Å². The summed E-state index contributed by atoms with van der Waals surface area (Å²) in [5, 5.41) is 0.247. The molecule has 0 aliphatic heterocycles. The highest BCUT2D eigenvalue weighted by Gasteiger charge is 2.22. The number of rotatable bonds is 4. The number of halogens is 3. The maximum absolute atomic E-state index is 14.9. The van der Waals surface area contributed by atoms with Crippen LogP contribution in [0.3, 0.4) is 0 Å². The fraction of sp³-hybridized carbons (Fsp3) is 0.217. The van der Waals surface area contributed by atoms with Gasteiger partial charge in [-0.3, -0.25) is 4.98 Å². The Kier molecular flexibility index (Phi) is 5.31. The SMILES string of the molecule is Cc1ccnc(C(C)C)c1-n1c(=O)ncc2cc(F)c(-c3c(F)cccc3CF)nc21. The van der Waals surface area contributed by atoms with Crippen molar-refractivity contribution in [3.63, 3.8) is 0 Å². The molecule has 31 heavy (non-hydrogen) atoms. The van der Waals surface area contributed by atoms with Gasteiger partial charge in [0.2, 0.25) is 0 Å². The molecule has 3 aromatic heterocycles. The van der Waals surface area contributed by atoms with Gasteiger partial charge in [-0.1, -0.05) is 26.0 Å². The lowest BCUT2D eigenvalue weighted by Gasteiger charge is -2.18. The highest BCUT2D eigenvalue weighted by Crippen LogP contribution is 2.31. The molecule has 0 unspecified atom stereocenters. The molecule has 0 fully saturated rings. The third kappa shape index (κ3) is 3.48. The zero-order valence-electron chi connectivity index (χ0n) is 17.2. The van der Waals surface area contributed by atoms with Gasteiger partial charge in [0.25, 0.3) is 0 Å². The molecule has 0 bridgehead atoms. The van der Waals surface area contributed by atoms with Crippen molar-refractivity contribution < 1.29 is 13.2 Å². The standard InChI is InChI=1S/C23H19F3N4O/c1-12(2)19-21(13(3)7-8-27-19)30-22-15(11-28-23(30)31)9-17(26)20(29-22)18-14(10-24)5-4-6-16(18)25/h4-9,11-12H,10H2,1-3H3. The summed E-state index contributed by atoms with van der Waals surface area (Å²) < 4.78 is 44.3. The van der Waals surface area contributed by atoms with Crippen molar-refractivity contribution in [2.75, 3.05) is 0 Å². The average molecular weight is 424 g/mol. The first-order valence-corrected chi connectivity index (χ1v) is 9.71. The van der Waals surface area contributed by atoms with Crippen LogP contribution in [0, 0.1) is 18.6 Å². The van der Waals surface area contributed by atoms with Crippen LogP contribution in [0.5, 0.6) is 0 Å². The summed E-state index contributed by atoms with van der Waals surface area (Å²) >= 11 is 0. The van der Waals surface area contributed by atoms with Gasteiger partial charge in [0.05, 0.1) is 11.4 Å². The van der Waals surface area contributed by atoms with Crippen LogP contribution >= 0.6 is 0 Å². The van der Waals surface area contributed by atoms with Crippen molar-refractivity contribution in [3.8, 4) is 16.9 Å². The number of aryl methyl sites for hydroxylation is 1. The van der Waals surface area contributed by atoms with Crippen molar-refractivity contribution in [2.45, 2.75) is 33.4 Å². The third-order valence-electron chi connectivity index (χ3n) is 5.11. The fourth-order valence-corrected chi connectivity index (χ4v) is 3.65. The molecule has 0 atom stereocenters. The summed E-state index contributed by atoms with van der Waals surface area (Å²) in [6, 6.07) is 6.69. The molecule has 3 heterocycles. The maximum atomic E-state index is 14.9. The highest BCUT2D eigenvalue weighted by atomic mass is 19.1. The Balaban J connectivity index is 2.13. The van der Waals surface area contributed by atoms with E-state index in [1.54, 1.807) is 12.3 Å². The Morgan fingerprint density at radius 1 is 1.10 bits per heavy atom. The van der Waals surface area contributed by atoms with Crippen molar-refractivity contribution in [3.05, 3.63) is 81.7 Å². The second-order valence-corrected chi connectivity index (χ2v) is 7.53. The van der Waals surface area contributed by atoms with Gasteiger partial charge in [-0.2, -0.15) is 0 Å². The number of hydrogen-bond donors (Lipinski definition) is 0. The molecule has 5 nitrogen and oxygen atoms in total. The minimum atomic E-state index is -0.991. The van der Waals surface area contributed by atoms with Crippen LogP contribution in [0.2, 0.25) is 0 Å². The molecule has 158 valence electrons. The van der Waals surface area contributed by atoms with E-state index in [0.29, 0.717) is 11.4 Å². The van der Waals surface area contributed by atoms with E-state index in [1.807, 2.05) is 20.8 Å². The topological polar surface area (TPSA) is 60.7 Å². The molecular weight excluding hydrogens is 405 g/mol. The largest absolute Gasteiger partial charge is 0.353 e. The van der Waals surface area contributed by atoms with E-state index in [9.17, 15) is 18.0 Å². The van der Waals surface area contributed by atoms with Gasteiger partial charge in [0, 0.05) is 23.3 Å². The summed E-state index contributed by atoms with van der Waals surface area (Å²) in [4.78, 5) is 25.4. The predicted molar refractivity (Wildman–Crippen MR) is 112 cm³/mol. The van der Waals surface area contributed by atoms with Crippen molar-refractivity contribution >= 4 is 11.0 Å². The minimum absolute atomic E-state index is 0.0262. The summed E-state index contributed by atoms with van der Waals surface area (Å²) in [5.41, 5.74) is 0.659. The lowest BCUT2D eigenvalue weighted by Crippen LogP contribution is -2.25. The lowest BCUT2D eigenvalue weighted by atomic mass is 10.0. The van der Waals surface area contributed by atoms with E-state index < -0.39 is 24.0 Å². The second-order valence-electron chi connectivity index (χ2n) is 7.53.